The lowest BCUT2D eigenvalue weighted by Crippen LogP contribution is -2.55. The summed E-state index contributed by atoms with van der Waals surface area (Å²) in [6.45, 7) is 5.85. The van der Waals surface area contributed by atoms with E-state index in [0.29, 0.717) is 71.9 Å². The van der Waals surface area contributed by atoms with Gasteiger partial charge in [-0.1, -0.05) is 43.7 Å². The molecule has 8 N–H and O–H groups in total. The molecule has 0 fully saturated rings. The van der Waals surface area contributed by atoms with Crippen LogP contribution in [-0.4, -0.2) is 134 Å². The van der Waals surface area contributed by atoms with Gasteiger partial charge in [-0.25, -0.2) is 19.0 Å². The van der Waals surface area contributed by atoms with Crippen LogP contribution in [0.1, 0.15) is 130 Å². The number of ether oxygens (including phenoxy) is 2. The molecule has 1 aliphatic carbocycles. The molecule has 0 spiro atoms. The van der Waals surface area contributed by atoms with Gasteiger partial charge in [0.1, 0.15) is 36.7 Å². The normalized spacial score (nSPS) is 17.2. The minimum Gasteiger partial charge on any atom is -0.458 e. The maximum absolute atomic E-state index is 16.0. The third-order valence-corrected chi connectivity index (χ3v) is 15.5. The summed E-state index contributed by atoms with van der Waals surface area (Å²) in [7, 11) is 0. The first kappa shape index (κ1) is 62.3. The molecule has 0 saturated carbocycles. The van der Waals surface area contributed by atoms with E-state index in [1.807, 2.05) is 0 Å². The Morgan fingerprint density at radius 2 is 1.59 bits per heavy atom. The first-order valence-electron chi connectivity index (χ1n) is 28.5. The van der Waals surface area contributed by atoms with Gasteiger partial charge in [0.05, 0.1) is 48.1 Å². The van der Waals surface area contributed by atoms with Gasteiger partial charge in [-0.3, -0.25) is 53.4 Å². The van der Waals surface area contributed by atoms with E-state index in [0.717, 1.165) is 4.90 Å². The molecule has 25 heteroatoms. The van der Waals surface area contributed by atoms with Gasteiger partial charge >= 0.3 is 12.1 Å². The molecule has 0 unspecified atom stereocenters. The highest BCUT2D eigenvalue weighted by Crippen LogP contribution is 2.48. The highest BCUT2D eigenvalue weighted by molar-refractivity contribution is 6.13. The van der Waals surface area contributed by atoms with E-state index in [9.17, 15) is 53.1 Å². The van der Waals surface area contributed by atoms with Gasteiger partial charge in [0.15, 0.2) is 5.60 Å². The van der Waals surface area contributed by atoms with Gasteiger partial charge < -0.3 is 51.0 Å². The van der Waals surface area contributed by atoms with Crippen LogP contribution in [0.2, 0.25) is 0 Å². The number of benzene rings is 2. The summed E-state index contributed by atoms with van der Waals surface area (Å²) in [6, 6.07) is 7.76. The van der Waals surface area contributed by atoms with Crippen LogP contribution in [0.3, 0.4) is 0 Å². The second kappa shape index (κ2) is 26.5. The number of unbranched alkanes of at least 4 members (excludes halogenated alkanes) is 3. The van der Waals surface area contributed by atoms with Gasteiger partial charge in [-0.05, 0) is 114 Å². The predicted molar refractivity (Wildman–Crippen MR) is 304 cm³/mol. The Hall–Kier alpha value is -8.71. The number of carbonyl (C=O) groups is 10. The van der Waals surface area contributed by atoms with Crippen molar-refractivity contribution in [3.05, 3.63) is 110 Å². The van der Waals surface area contributed by atoms with Gasteiger partial charge in [0.25, 0.3) is 17.4 Å². The van der Waals surface area contributed by atoms with Crippen LogP contribution in [0.5, 0.6) is 0 Å². The molecule has 4 atom stereocenters. The van der Waals surface area contributed by atoms with Crippen LogP contribution in [-0.2, 0) is 84.2 Å². The van der Waals surface area contributed by atoms with E-state index in [-0.39, 0.29) is 79.6 Å². The Balaban J connectivity index is 1.04. The van der Waals surface area contributed by atoms with E-state index in [1.165, 1.54) is 33.8 Å². The number of cyclic esters (lactones) is 1. The van der Waals surface area contributed by atoms with Crippen molar-refractivity contribution in [2.45, 2.75) is 148 Å². The third-order valence-electron chi connectivity index (χ3n) is 15.5. The van der Waals surface area contributed by atoms with Crippen molar-refractivity contribution in [3.8, 4) is 11.4 Å². The van der Waals surface area contributed by atoms with Crippen LogP contribution in [0.4, 0.5) is 9.18 Å². The van der Waals surface area contributed by atoms with Crippen molar-refractivity contribution in [1.29, 1.82) is 0 Å². The molecule has 8 rings (SSSR count). The van der Waals surface area contributed by atoms with E-state index in [2.05, 4.69) is 26.6 Å². The summed E-state index contributed by atoms with van der Waals surface area (Å²) >= 11 is 0. The molecular formula is C60H71FN10O14. The summed E-state index contributed by atoms with van der Waals surface area (Å²) in [6.07, 6.45) is 3.95. The number of pyridine rings is 2. The second-order valence-electron chi connectivity index (χ2n) is 22.6. The van der Waals surface area contributed by atoms with Crippen LogP contribution < -0.4 is 37.9 Å². The number of nitrogens with zero attached hydrogens (tertiary/aromatic N) is 4. The standard InChI is InChI=1S/C60H71FN10O14/c1-6-60(83)38-26-44-53-36(30-70(44)55(79)37(38)32-84-57(60)81)52-43(20-19-35-33(2)39(61)27-41(67-53)51(35)52)71(31-48(75)68-58(82)85-59(3,4)5)56(80)42(25-34-15-9-7-10-16-34)66-47(74)29-63-46(73)28-64-54(78)40(17-12-13-23-62)65-45(72)18-11-8-14-24-69-49(76)21-22-50(69)77/h7,9-10,15-16,21-22,26-27,40,42-43,83H,6,8,11-14,17-20,23-25,28-32,62H2,1-5H3,(H,63,73)(H,64,78)(H,65,72)(H,66,74)(H,68,75,82)/t40-,42-,43-,60-/m0/s1. The van der Waals surface area contributed by atoms with Gasteiger partial charge in [-0.15, -0.1) is 0 Å². The lowest BCUT2D eigenvalue weighted by molar-refractivity contribution is -0.172. The molecule has 452 valence electrons. The third kappa shape index (κ3) is 14.1. The Kier molecular flexibility index (Phi) is 19.4. The van der Waals surface area contributed by atoms with Crippen LogP contribution in [0.15, 0.2) is 59.4 Å². The zero-order valence-corrected chi connectivity index (χ0v) is 48.2. The summed E-state index contributed by atoms with van der Waals surface area (Å²) in [5, 5.41) is 24.7. The number of hydrogen-bond donors (Lipinski definition) is 7. The van der Waals surface area contributed by atoms with Crippen molar-refractivity contribution in [2.75, 3.05) is 32.7 Å². The van der Waals surface area contributed by atoms with E-state index < -0.39 is 126 Å². The van der Waals surface area contributed by atoms with E-state index in [1.54, 1.807) is 65.0 Å². The molecule has 2 aromatic carbocycles. The van der Waals surface area contributed by atoms with Crippen molar-refractivity contribution < 1.29 is 66.9 Å². The van der Waals surface area contributed by atoms with Crippen molar-refractivity contribution in [1.82, 2.24) is 45.9 Å². The Morgan fingerprint density at radius 3 is 2.28 bits per heavy atom. The molecule has 24 nitrogen and oxygen atoms in total. The maximum Gasteiger partial charge on any atom is 0.414 e. The molecule has 3 aliphatic heterocycles. The van der Waals surface area contributed by atoms with Crippen LogP contribution >= 0.6 is 0 Å². The summed E-state index contributed by atoms with van der Waals surface area (Å²) < 4.78 is 28.0. The average Bonchev–Trinajstić information content (AvgIpc) is 3.51. The number of halogens is 1. The second-order valence-corrected chi connectivity index (χ2v) is 22.6. The van der Waals surface area contributed by atoms with Crippen molar-refractivity contribution >= 4 is 70.2 Å². The zero-order valence-electron chi connectivity index (χ0n) is 48.2. The summed E-state index contributed by atoms with van der Waals surface area (Å²) in [5.74, 6) is -6.83. The number of alkyl carbamates (subject to hydrolysis) is 1. The smallest absolute Gasteiger partial charge is 0.414 e. The molecule has 85 heavy (non-hydrogen) atoms. The van der Waals surface area contributed by atoms with Crippen LogP contribution in [0.25, 0.3) is 22.3 Å². The zero-order chi connectivity index (χ0) is 61.5. The molecule has 0 saturated heterocycles. The average molecular weight is 1180 g/mol. The monoisotopic (exact) mass is 1170 g/mol. The summed E-state index contributed by atoms with van der Waals surface area (Å²) in [5.41, 5.74) is 4.78. The number of rotatable bonds is 24. The number of nitrogens with two attached hydrogens (primary N) is 1. The highest BCUT2D eigenvalue weighted by atomic mass is 19.1. The maximum atomic E-state index is 16.0. The van der Waals surface area contributed by atoms with Crippen molar-refractivity contribution in [3.63, 3.8) is 0 Å². The molecule has 0 radical (unpaired) electrons. The minimum absolute atomic E-state index is 0.0335. The molecule has 4 aliphatic rings. The van der Waals surface area contributed by atoms with E-state index >= 15 is 9.18 Å². The Labute approximate surface area is 488 Å². The van der Waals surface area contributed by atoms with E-state index in [4.69, 9.17) is 20.2 Å². The number of aryl methyl sites for hydroxylation is 1. The highest BCUT2D eigenvalue weighted by Gasteiger charge is 2.47. The molecular weight excluding hydrogens is 1100 g/mol. The minimum atomic E-state index is -2.17. The first-order valence-corrected chi connectivity index (χ1v) is 28.5. The van der Waals surface area contributed by atoms with Gasteiger partial charge in [-0.2, -0.15) is 0 Å². The fraction of sp³-hybridized carbons (Fsp3) is 0.467. The number of aromatic nitrogens is 2. The number of hydrogen-bond acceptors (Lipinski definition) is 16. The molecule has 4 aromatic rings. The van der Waals surface area contributed by atoms with Gasteiger partial charge in [0.2, 0.25) is 35.4 Å². The van der Waals surface area contributed by atoms with Crippen LogP contribution in [0, 0.1) is 12.7 Å². The predicted octanol–water partition coefficient (Wildman–Crippen LogP) is 2.45. The lowest BCUT2D eigenvalue weighted by atomic mass is 9.80. The SMILES string of the molecule is CC[C@@]1(O)C(=O)OCc2c1cc1n(c2=O)Cc2c-1nc1cc(F)c(C)c3c1c2[C@@H](N(CC(=O)NC(=O)OC(C)(C)C)C(=O)[C@H](Cc1ccccc1)NC(=O)CNC(=O)CNC(=O)[C@H](CCCCN)NC(=O)CCCCCN1C(=O)C=CC1=O)CC3. The number of nitrogens with one attached hydrogen (secondary N) is 5. The number of amides is 9. The largest absolute Gasteiger partial charge is 0.458 e. The fourth-order valence-corrected chi connectivity index (χ4v) is 11.2. The number of carbonyl (C=O) groups excluding carboxylic acids is 10. The number of aliphatic hydroxyl groups is 1. The number of imide groups is 2. The number of esters is 1. The van der Waals surface area contributed by atoms with Crippen molar-refractivity contribution in [2.24, 2.45) is 5.73 Å². The topological polar surface area (TPSA) is 337 Å². The first-order chi connectivity index (χ1) is 40.4. The Morgan fingerprint density at radius 1 is 0.882 bits per heavy atom. The Bertz CT molecular complexity index is 3430. The van der Waals surface area contributed by atoms with Gasteiger partial charge in [0, 0.05) is 54.1 Å². The number of fused-ring (bicyclic) bond motifs is 5. The lowest BCUT2D eigenvalue weighted by Gasteiger charge is -2.38. The molecule has 2 aromatic heterocycles. The summed E-state index contributed by atoms with van der Waals surface area (Å²) in [4.78, 5) is 155. The molecule has 0 bridgehead atoms. The fourth-order valence-electron chi connectivity index (χ4n) is 11.2. The molecule has 9 amide bonds. The quantitative estimate of drug-likeness (QED) is 0.0265. The molecule has 5 heterocycles.